The monoisotopic (exact) mass is 585 g/mol. The topological polar surface area (TPSA) is 66.0 Å². The van der Waals surface area contributed by atoms with Gasteiger partial charge in [0.05, 0.1) is 13.1 Å². The Labute approximate surface area is 257 Å². The lowest BCUT2D eigenvalue weighted by molar-refractivity contribution is 0.344. The number of benzene rings is 1. The van der Waals surface area contributed by atoms with E-state index in [0.717, 1.165) is 20.1 Å². The van der Waals surface area contributed by atoms with Crippen LogP contribution in [-0.4, -0.2) is 13.7 Å². The van der Waals surface area contributed by atoms with Crippen molar-refractivity contribution in [1.82, 2.24) is 13.7 Å². The number of allylic oxidation sites excluding steroid dienone is 2. The first-order valence-corrected chi connectivity index (χ1v) is 15.0. The fraction of sp³-hybridized carbons (Fsp3) is 0.639. The highest BCUT2D eigenvalue weighted by atomic mass is 16.2. The van der Waals surface area contributed by atoms with E-state index in [4.69, 9.17) is 0 Å². The van der Waals surface area contributed by atoms with Crippen LogP contribution in [0, 0.1) is 16.2 Å². The van der Waals surface area contributed by atoms with Crippen molar-refractivity contribution in [3.05, 3.63) is 92.7 Å². The van der Waals surface area contributed by atoms with E-state index in [9.17, 15) is 14.4 Å². The number of rotatable bonds is 7. The quantitative estimate of drug-likeness (QED) is 0.306. The van der Waals surface area contributed by atoms with Crippen LogP contribution >= 0.6 is 0 Å². The molecule has 0 saturated heterocycles. The zero-order valence-electron chi connectivity index (χ0n) is 29.6. The molecule has 6 heteroatoms. The van der Waals surface area contributed by atoms with E-state index in [2.05, 4.69) is 140 Å². The predicted molar refractivity (Wildman–Crippen MR) is 184 cm³/mol. The lowest BCUT2D eigenvalue weighted by atomic mass is 9.87. The SMILES string of the molecule is C=CCn1c(=O)n(CC=C)c(=O)n(CCCC(C)(C)C)c1=O.CC(C)(C)C.CC(C)(C)C.CC(C)(C)c1ccccc1. The summed E-state index contributed by atoms with van der Waals surface area (Å²) in [5, 5.41) is 0. The standard InChI is InChI=1S/C16H25N3O3.C10H14.2C5H12/c1-6-10-17-13(20)18(11-7-2)15(22)19(14(17)21)12-8-9-16(3,4)5;1-10(2,3)9-7-5-4-6-8-9;2*1-5(2,3)4/h6-7H,1-2,8-12H2,3-5H3;4-8H,1-3H3;2*1-4H3. The molecular formula is C36H63N3O3. The Morgan fingerprint density at radius 1 is 0.595 bits per heavy atom. The number of aromatic nitrogens is 3. The molecule has 240 valence electrons. The van der Waals surface area contributed by atoms with E-state index in [-0.39, 0.29) is 18.5 Å². The molecule has 0 aliphatic heterocycles. The lowest BCUT2D eigenvalue weighted by Crippen LogP contribution is -2.54. The van der Waals surface area contributed by atoms with Crippen molar-refractivity contribution in [3.63, 3.8) is 0 Å². The smallest absolute Gasteiger partial charge is 0.247 e. The largest absolute Gasteiger partial charge is 0.336 e. The van der Waals surface area contributed by atoms with Crippen molar-refractivity contribution in [2.24, 2.45) is 16.2 Å². The summed E-state index contributed by atoms with van der Waals surface area (Å²) in [4.78, 5) is 36.9. The average molecular weight is 586 g/mol. The first kappa shape index (κ1) is 41.2. The van der Waals surface area contributed by atoms with E-state index < -0.39 is 17.1 Å². The van der Waals surface area contributed by atoms with E-state index in [0.29, 0.717) is 29.2 Å². The van der Waals surface area contributed by atoms with E-state index in [1.54, 1.807) is 0 Å². The average Bonchev–Trinajstić information content (AvgIpc) is 2.79. The van der Waals surface area contributed by atoms with Crippen molar-refractivity contribution in [3.8, 4) is 0 Å². The molecule has 0 amide bonds. The summed E-state index contributed by atoms with van der Waals surface area (Å²) in [5.41, 5.74) is 1.03. The maximum Gasteiger partial charge on any atom is 0.336 e. The van der Waals surface area contributed by atoms with Crippen LogP contribution in [-0.2, 0) is 25.0 Å². The van der Waals surface area contributed by atoms with Crippen molar-refractivity contribution < 1.29 is 0 Å². The van der Waals surface area contributed by atoms with Gasteiger partial charge in [-0.3, -0.25) is 0 Å². The van der Waals surface area contributed by atoms with Crippen LogP contribution in [0.1, 0.15) is 115 Å². The molecule has 0 bridgehead atoms. The molecule has 0 saturated carbocycles. The summed E-state index contributed by atoms with van der Waals surface area (Å²) in [6, 6.07) is 10.6. The minimum atomic E-state index is -0.623. The second-order valence-corrected chi connectivity index (χ2v) is 16.1. The molecule has 42 heavy (non-hydrogen) atoms. The molecule has 0 aliphatic carbocycles. The fourth-order valence-electron chi connectivity index (χ4n) is 3.15. The molecule has 6 nitrogen and oxygen atoms in total. The third-order valence-corrected chi connectivity index (χ3v) is 4.96. The van der Waals surface area contributed by atoms with Gasteiger partial charge >= 0.3 is 17.1 Å². The maximum absolute atomic E-state index is 12.4. The summed E-state index contributed by atoms with van der Waals surface area (Å²) < 4.78 is 3.17. The van der Waals surface area contributed by atoms with E-state index in [1.807, 2.05) is 0 Å². The van der Waals surface area contributed by atoms with Crippen LogP contribution in [0.5, 0.6) is 0 Å². The van der Waals surface area contributed by atoms with Crippen LogP contribution in [0.3, 0.4) is 0 Å². The van der Waals surface area contributed by atoms with E-state index in [1.165, 1.54) is 17.7 Å². The molecule has 0 atom stereocenters. The van der Waals surface area contributed by atoms with Crippen LogP contribution < -0.4 is 17.1 Å². The minimum absolute atomic E-state index is 0.0777. The maximum atomic E-state index is 12.4. The zero-order chi connectivity index (χ0) is 33.5. The molecule has 1 aromatic heterocycles. The molecule has 2 aromatic rings. The Morgan fingerprint density at radius 3 is 1.19 bits per heavy atom. The minimum Gasteiger partial charge on any atom is -0.247 e. The Morgan fingerprint density at radius 2 is 0.929 bits per heavy atom. The van der Waals surface area contributed by atoms with Crippen LogP contribution in [0.4, 0.5) is 0 Å². The number of hydrogen-bond acceptors (Lipinski definition) is 3. The molecule has 1 aromatic carbocycles. The Kier molecular flexibility index (Phi) is 17.6. The lowest BCUT2D eigenvalue weighted by Gasteiger charge is -2.18. The van der Waals surface area contributed by atoms with Gasteiger partial charge in [0.25, 0.3) is 0 Å². The highest BCUT2D eigenvalue weighted by molar-refractivity contribution is 5.22. The molecule has 0 N–H and O–H groups in total. The normalized spacial score (nSPS) is 11.6. The molecule has 1 heterocycles. The second-order valence-electron chi connectivity index (χ2n) is 16.1. The first-order chi connectivity index (χ1) is 18.8. The Bertz CT molecular complexity index is 1160. The van der Waals surface area contributed by atoms with Gasteiger partial charge in [-0.2, -0.15) is 0 Å². The van der Waals surface area contributed by atoms with Crippen molar-refractivity contribution in [2.45, 2.75) is 135 Å². The molecule has 0 spiro atoms. The van der Waals surface area contributed by atoms with Crippen molar-refractivity contribution in [2.75, 3.05) is 0 Å². The molecule has 2 rings (SSSR count). The molecule has 0 aliphatic rings. The van der Waals surface area contributed by atoms with Crippen molar-refractivity contribution >= 4 is 0 Å². The van der Waals surface area contributed by atoms with Crippen molar-refractivity contribution in [1.29, 1.82) is 0 Å². The number of hydrogen-bond donors (Lipinski definition) is 0. The second kappa shape index (κ2) is 17.9. The van der Waals surface area contributed by atoms with Gasteiger partial charge in [0.1, 0.15) is 0 Å². The highest BCUT2D eigenvalue weighted by Gasteiger charge is 2.15. The van der Waals surface area contributed by atoms with Crippen LogP contribution in [0.25, 0.3) is 0 Å². The van der Waals surface area contributed by atoms with Gasteiger partial charge in [-0.05, 0) is 40.1 Å². The summed E-state index contributed by atoms with van der Waals surface area (Å²) in [7, 11) is 0. The summed E-state index contributed by atoms with van der Waals surface area (Å²) in [6.45, 7) is 38.0. The zero-order valence-corrected chi connectivity index (χ0v) is 29.6. The highest BCUT2D eigenvalue weighted by Crippen LogP contribution is 2.21. The Hall–Kier alpha value is -2.89. The third kappa shape index (κ3) is 20.9. The van der Waals surface area contributed by atoms with Gasteiger partial charge in [-0.1, -0.05) is 139 Å². The molecule has 0 unspecified atom stereocenters. The first-order valence-electron chi connectivity index (χ1n) is 15.0. The van der Waals surface area contributed by atoms with Gasteiger partial charge in [-0.15, -0.1) is 13.2 Å². The third-order valence-electron chi connectivity index (χ3n) is 4.96. The number of nitrogens with zero attached hydrogens (tertiary/aromatic N) is 3. The van der Waals surface area contributed by atoms with Gasteiger partial charge in [0.2, 0.25) is 0 Å². The van der Waals surface area contributed by atoms with Gasteiger partial charge in [-0.25, -0.2) is 28.1 Å². The van der Waals surface area contributed by atoms with Crippen LogP contribution in [0.2, 0.25) is 0 Å². The summed E-state index contributed by atoms with van der Waals surface area (Å²) in [5.74, 6) is 0. The van der Waals surface area contributed by atoms with Gasteiger partial charge < -0.3 is 0 Å². The van der Waals surface area contributed by atoms with E-state index >= 15 is 0 Å². The van der Waals surface area contributed by atoms with Gasteiger partial charge in [0.15, 0.2) is 0 Å². The fourth-order valence-corrected chi connectivity index (χ4v) is 3.15. The Balaban J connectivity index is 0. The molecule has 0 fully saturated rings. The molecule has 0 radical (unpaired) electrons. The molecular weight excluding hydrogens is 522 g/mol. The van der Waals surface area contributed by atoms with Gasteiger partial charge in [0, 0.05) is 6.54 Å². The predicted octanol–water partition coefficient (Wildman–Crippen LogP) is 8.46. The van der Waals surface area contributed by atoms with Crippen LogP contribution in [0.15, 0.2) is 70.0 Å². The summed E-state index contributed by atoms with van der Waals surface area (Å²) >= 11 is 0. The summed E-state index contributed by atoms with van der Waals surface area (Å²) in [6.07, 6.45) is 4.50.